The number of halogens is 2. The van der Waals surface area contributed by atoms with Crippen molar-refractivity contribution in [3.63, 3.8) is 0 Å². The van der Waals surface area contributed by atoms with E-state index in [1.54, 1.807) is 6.07 Å². The molecule has 0 fully saturated rings. The summed E-state index contributed by atoms with van der Waals surface area (Å²) in [7, 11) is 3.88. The van der Waals surface area contributed by atoms with Crippen LogP contribution in [0, 0.1) is 5.82 Å². The number of nitrogens with zero attached hydrogens (tertiary/aromatic N) is 1. The van der Waals surface area contributed by atoms with Gasteiger partial charge in [-0.05, 0) is 55.1 Å². The van der Waals surface area contributed by atoms with E-state index in [1.165, 1.54) is 12.1 Å². The Morgan fingerprint density at radius 2 is 2.18 bits per heavy atom. The Balaban J connectivity index is 2.61. The van der Waals surface area contributed by atoms with Crippen molar-refractivity contribution in [3.8, 4) is 0 Å². The fourth-order valence-electron chi connectivity index (χ4n) is 1.16. The van der Waals surface area contributed by atoms with Crippen molar-refractivity contribution >= 4 is 21.8 Å². The van der Waals surface area contributed by atoms with Crippen LogP contribution in [0.4, 0.5) is 4.39 Å². The third-order valence-corrected chi connectivity index (χ3v) is 3.26. The second-order valence-electron chi connectivity index (χ2n) is 4.15. The van der Waals surface area contributed by atoms with Crippen LogP contribution in [0.5, 0.6) is 0 Å². The lowest BCUT2D eigenvalue weighted by molar-refractivity contribution is 0.0943. The Morgan fingerprint density at radius 3 is 2.71 bits per heavy atom. The summed E-state index contributed by atoms with van der Waals surface area (Å²) in [5, 5.41) is 2.76. The maximum atomic E-state index is 13.2. The topological polar surface area (TPSA) is 32.3 Å². The first-order valence-corrected chi connectivity index (χ1v) is 6.10. The third-order valence-electron chi connectivity index (χ3n) is 2.62. The minimum Gasteiger partial charge on any atom is -0.350 e. The average Bonchev–Trinajstić information content (AvgIpc) is 2.28. The molecule has 0 bridgehead atoms. The van der Waals surface area contributed by atoms with Crippen LogP contribution < -0.4 is 5.32 Å². The SMILES string of the molecule is CC(CNC(=O)c1ccc(Br)c(F)c1)N(C)C. The molecular formula is C12H16BrFN2O. The highest BCUT2D eigenvalue weighted by Gasteiger charge is 2.10. The number of carbonyl (C=O) groups is 1. The van der Waals surface area contributed by atoms with Gasteiger partial charge in [0.1, 0.15) is 5.82 Å². The van der Waals surface area contributed by atoms with Gasteiger partial charge < -0.3 is 10.2 Å². The van der Waals surface area contributed by atoms with Gasteiger partial charge in [-0.15, -0.1) is 0 Å². The first-order chi connectivity index (χ1) is 7.91. The molecule has 0 spiro atoms. The zero-order chi connectivity index (χ0) is 13.0. The molecule has 1 rings (SSSR count). The van der Waals surface area contributed by atoms with Crippen LogP contribution in [0.15, 0.2) is 22.7 Å². The molecule has 1 N–H and O–H groups in total. The van der Waals surface area contributed by atoms with Crippen molar-refractivity contribution in [2.45, 2.75) is 13.0 Å². The van der Waals surface area contributed by atoms with Crippen molar-refractivity contribution in [3.05, 3.63) is 34.1 Å². The van der Waals surface area contributed by atoms with E-state index in [1.807, 2.05) is 25.9 Å². The van der Waals surface area contributed by atoms with E-state index < -0.39 is 5.82 Å². The Bertz CT molecular complexity index is 409. The van der Waals surface area contributed by atoms with E-state index in [2.05, 4.69) is 21.2 Å². The molecule has 0 saturated heterocycles. The molecule has 1 unspecified atom stereocenters. The Morgan fingerprint density at radius 1 is 1.53 bits per heavy atom. The highest BCUT2D eigenvalue weighted by Crippen LogP contribution is 2.16. The summed E-state index contributed by atoms with van der Waals surface area (Å²) in [6.07, 6.45) is 0. The lowest BCUT2D eigenvalue weighted by atomic mass is 10.2. The molecule has 1 amide bonds. The Labute approximate surface area is 109 Å². The molecule has 0 radical (unpaired) electrons. The quantitative estimate of drug-likeness (QED) is 0.925. The van der Waals surface area contributed by atoms with Gasteiger partial charge in [-0.1, -0.05) is 0 Å². The molecule has 1 atom stereocenters. The summed E-state index contributed by atoms with van der Waals surface area (Å²) >= 11 is 3.05. The van der Waals surface area contributed by atoms with Crippen LogP contribution in [-0.2, 0) is 0 Å². The number of carbonyl (C=O) groups excluding carboxylic acids is 1. The van der Waals surface area contributed by atoms with Gasteiger partial charge in [-0.2, -0.15) is 0 Å². The maximum absolute atomic E-state index is 13.2. The predicted molar refractivity (Wildman–Crippen MR) is 69.6 cm³/mol. The molecule has 0 aliphatic carbocycles. The minimum absolute atomic E-state index is 0.235. The van der Waals surface area contributed by atoms with Crippen LogP contribution in [0.1, 0.15) is 17.3 Å². The number of amides is 1. The molecule has 3 nitrogen and oxygen atoms in total. The fourth-order valence-corrected chi connectivity index (χ4v) is 1.41. The molecule has 0 aliphatic heterocycles. The van der Waals surface area contributed by atoms with Crippen molar-refractivity contribution in [2.75, 3.05) is 20.6 Å². The van der Waals surface area contributed by atoms with Crippen molar-refractivity contribution in [1.29, 1.82) is 0 Å². The molecule has 0 aromatic heterocycles. The van der Waals surface area contributed by atoms with Crippen LogP contribution in [-0.4, -0.2) is 37.5 Å². The molecule has 0 saturated carbocycles. The summed E-state index contributed by atoms with van der Waals surface area (Å²) in [6, 6.07) is 4.57. The van der Waals surface area contributed by atoms with E-state index in [4.69, 9.17) is 0 Å². The largest absolute Gasteiger partial charge is 0.350 e. The predicted octanol–water partition coefficient (Wildman–Crippen LogP) is 2.27. The number of hydrogen-bond donors (Lipinski definition) is 1. The molecule has 0 aliphatic rings. The summed E-state index contributed by atoms with van der Waals surface area (Å²) < 4.78 is 13.6. The fraction of sp³-hybridized carbons (Fsp3) is 0.417. The first kappa shape index (κ1) is 14.1. The van der Waals surface area contributed by atoms with Crippen molar-refractivity contribution in [2.24, 2.45) is 0 Å². The Kier molecular flexibility index (Phi) is 5.08. The monoisotopic (exact) mass is 302 g/mol. The van der Waals surface area contributed by atoms with Gasteiger partial charge in [0.25, 0.3) is 5.91 Å². The van der Waals surface area contributed by atoms with Gasteiger partial charge in [0.2, 0.25) is 0 Å². The number of hydrogen-bond acceptors (Lipinski definition) is 2. The van der Waals surface area contributed by atoms with Crippen molar-refractivity contribution < 1.29 is 9.18 Å². The average molecular weight is 303 g/mol. The van der Waals surface area contributed by atoms with Gasteiger partial charge in [0.05, 0.1) is 4.47 Å². The summed E-state index contributed by atoms with van der Waals surface area (Å²) in [6.45, 7) is 2.53. The Hall–Kier alpha value is -0.940. The second kappa shape index (κ2) is 6.12. The molecule has 1 aromatic carbocycles. The summed E-state index contributed by atoms with van der Waals surface area (Å²) in [4.78, 5) is 13.7. The number of nitrogens with one attached hydrogen (secondary N) is 1. The van der Waals surface area contributed by atoms with E-state index >= 15 is 0 Å². The summed E-state index contributed by atoms with van der Waals surface area (Å²) in [5.41, 5.74) is 0.330. The van der Waals surface area contributed by atoms with Crippen molar-refractivity contribution in [1.82, 2.24) is 10.2 Å². The molecule has 17 heavy (non-hydrogen) atoms. The zero-order valence-electron chi connectivity index (χ0n) is 10.1. The van der Waals surface area contributed by atoms with Gasteiger partial charge in [-0.25, -0.2) is 4.39 Å². The first-order valence-electron chi connectivity index (χ1n) is 5.31. The molecule has 0 heterocycles. The van der Waals surface area contributed by atoms with E-state index in [9.17, 15) is 9.18 Å². The third kappa shape index (κ3) is 4.09. The van der Waals surface area contributed by atoms with Crippen LogP contribution >= 0.6 is 15.9 Å². The molecular weight excluding hydrogens is 287 g/mol. The zero-order valence-corrected chi connectivity index (χ0v) is 11.7. The van der Waals surface area contributed by atoms with Crippen LogP contribution in [0.2, 0.25) is 0 Å². The highest BCUT2D eigenvalue weighted by molar-refractivity contribution is 9.10. The standard InChI is InChI=1S/C12H16BrFN2O/c1-8(16(2)3)7-15-12(17)9-4-5-10(13)11(14)6-9/h4-6,8H,7H2,1-3H3,(H,15,17). The van der Waals surface area contributed by atoms with E-state index in [-0.39, 0.29) is 11.9 Å². The van der Waals surface area contributed by atoms with Gasteiger partial charge in [0, 0.05) is 18.2 Å². The van der Waals surface area contributed by atoms with Gasteiger partial charge in [0.15, 0.2) is 0 Å². The smallest absolute Gasteiger partial charge is 0.251 e. The van der Waals surface area contributed by atoms with Crippen LogP contribution in [0.25, 0.3) is 0 Å². The highest BCUT2D eigenvalue weighted by atomic mass is 79.9. The second-order valence-corrected chi connectivity index (χ2v) is 5.01. The normalized spacial score (nSPS) is 12.6. The van der Waals surface area contributed by atoms with Gasteiger partial charge in [-0.3, -0.25) is 4.79 Å². The maximum Gasteiger partial charge on any atom is 0.251 e. The van der Waals surface area contributed by atoms with Gasteiger partial charge >= 0.3 is 0 Å². The minimum atomic E-state index is -0.432. The number of rotatable bonds is 4. The van der Waals surface area contributed by atoms with E-state index in [0.29, 0.717) is 16.6 Å². The molecule has 94 valence electrons. The lowest BCUT2D eigenvalue weighted by Crippen LogP contribution is -2.38. The summed E-state index contributed by atoms with van der Waals surface area (Å²) in [5.74, 6) is -0.691. The number of benzene rings is 1. The number of likely N-dealkylation sites (N-methyl/N-ethyl adjacent to an activating group) is 1. The molecule has 1 aromatic rings. The van der Waals surface area contributed by atoms with Crippen LogP contribution in [0.3, 0.4) is 0 Å². The molecule has 5 heteroatoms. The van der Waals surface area contributed by atoms with E-state index in [0.717, 1.165) is 0 Å². The lowest BCUT2D eigenvalue weighted by Gasteiger charge is -2.19.